The van der Waals surface area contributed by atoms with Gasteiger partial charge in [0.1, 0.15) is 0 Å². The average molecular weight is 280 g/mol. The van der Waals surface area contributed by atoms with Gasteiger partial charge in [-0.15, -0.1) is 0 Å². The molecule has 0 aromatic heterocycles. The lowest BCUT2D eigenvalue weighted by molar-refractivity contribution is -0.146. The first-order valence-corrected chi connectivity index (χ1v) is 8.32. The molecule has 0 spiro atoms. The number of hydrogen-bond donors (Lipinski definition) is 1. The monoisotopic (exact) mass is 280 g/mol. The molecule has 0 aromatic carbocycles. The molecule has 2 rings (SSSR count). The summed E-state index contributed by atoms with van der Waals surface area (Å²) in [5.41, 5.74) is 6.19. The summed E-state index contributed by atoms with van der Waals surface area (Å²) < 4.78 is 0. The molecule has 1 aliphatic heterocycles. The molecule has 1 saturated carbocycles. The van der Waals surface area contributed by atoms with E-state index >= 15 is 0 Å². The van der Waals surface area contributed by atoms with Gasteiger partial charge in [0, 0.05) is 24.5 Å². The molecule has 3 nitrogen and oxygen atoms in total. The Morgan fingerprint density at radius 3 is 2.40 bits per heavy atom. The number of piperidine rings is 1. The lowest BCUT2D eigenvalue weighted by Crippen LogP contribution is -2.56. The molecular weight excluding hydrogens is 248 g/mol. The molecule has 116 valence electrons. The fraction of sp³-hybridized carbons (Fsp3) is 0.941. The molecule has 1 amide bonds. The number of nitrogens with two attached hydrogens (primary N) is 1. The number of likely N-dealkylation sites (tertiary alicyclic amines) is 1. The van der Waals surface area contributed by atoms with Crippen molar-refractivity contribution < 1.29 is 4.79 Å². The van der Waals surface area contributed by atoms with Gasteiger partial charge in [-0.3, -0.25) is 4.79 Å². The predicted molar refractivity (Wildman–Crippen MR) is 83.3 cm³/mol. The second-order valence-electron chi connectivity index (χ2n) is 8.20. The number of nitrogens with zero attached hydrogens (tertiary/aromatic N) is 1. The first-order chi connectivity index (χ1) is 9.27. The number of amides is 1. The Balaban J connectivity index is 2.12. The van der Waals surface area contributed by atoms with Gasteiger partial charge in [0.2, 0.25) is 5.91 Å². The van der Waals surface area contributed by atoms with Crippen molar-refractivity contribution in [2.45, 2.75) is 72.3 Å². The van der Waals surface area contributed by atoms with E-state index in [9.17, 15) is 4.79 Å². The predicted octanol–water partition coefficient (Wildman–Crippen LogP) is 3.18. The number of carbonyl (C=O) groups excluding carboxylic acids is 1. The van der Waals surface area contributed by atoms with Crippen molar-refractivity contribution in [2.75, 3.05) is 13.1 Å². The molecule has 1 heterocycles. The summed E-state index contributed by atoms with van der Waals surface area (Å²) in [5, 5.41) is 0. The third kappa shape index (κ3) is 3.03. The number of rotatable bonds is 3. The van der Waals surface area contributed by atoms with Gasteiger partial charge in [-0.2, -0.15) is 0 Å². The summed E-state index contributed by atoms with van der Waals surface area (Å²) in [6.07, 6.45) is 6.61. The van der Waals surface area contributed by atoms with Gasteiger partial charge >= 0.3 is 0 Å². The summed E-state index contributed by atoms with van der Waals surface area (Å²) in [6, 6.07) is 0.219. The van der Waals surface area contributed by atoms with Crippen LogP contribution in [0, 0.1) is 16.7 Å². The van der Waals surface area contributed by atoms with Gasteiger partial charge in [-0.1, -0.05) is 40.5 Å². The largest absolute Gasteiger partial charge is 0.342 e. The highest BCUT2D eigenvalue weighted by Gasteiger charge is 2.46. The topological polar surface area (TPSA) is 46.3 Å². The number of hydrogen-bond acceptors (Lipinski definition) is 2. The molecule has 0 bridgehead atoms. The first kappa shape index (κ1) is 15.8. The number of carbonyl (C=O) groups is 1. The van der Waals surface area contributed by atoms with Gasteiger partial charge < -0.3 is 10.6 Å². The first-order valence-electron chi connectivity index (χ1n) is 8.32. The summed E-state index contributed by atoms with van der Waals surface area (Å²) >= 11 is 0. The van der Waals surface area contributed by atoms with Gasteiger partial charge in [0.25, 0.3) is 0 Å². The van der Waals surface area contributed by atoms with Gasteiger partial charge in [0.15, 0.2) is 0 Å². The summed E-state index contributed by atoms with van der Waals surface area (Å²) in [5.74, 6) is 1.01. The van der Waals surface area contributed by atoms with Crippen LogP contribution < -0.4 is 5.73 Å². The van der Waals surface area contributed by atoms with E-state index < -0.39 is 0 Å². The molecular formula is C17H32N2O. The second kappa shape index (κ2) is 5.67. The minimum Gasteiger partial charge on any atom is -0.342 e. The summed E-state index contributed by atoms with van der Waals surface area (Å²) in [6.45, 7) is 10.5. The van der Waals surface area contributed by atoms with Crippen molar-refractivity contribution in [2.24, 2.45) is 22.5 Å². The van der Waals surface area contributed by atoms with Crippen molar-refractivity contribution in [3.05, 3.63) is 0 Å². The van der Waals surface area contributed by atoms with E-state index in [1.165, 1.54) is 12.8 Å². The van der Waals surface area contributed by atoms with Crippen molar-refractivity contribution in [3.63, 3.8) is 0 Å². The SMILES string of the molecule is CC(C)CC1(C(=O)N2CCC(N)C(C)(C)C2)CCCC1. The minimum atomic E-state index is -0.0638. The third-order valence-electron chi connectivity index (χ3n) is 5.41. The Morgan fingerprint density at radius 2 is 1.90 bits per heavy atom. The van der Waals surface area contributed by atoms with Gasteiger partial charge in [0.05, 0.1) is 0 Å². The van der Waals surface area contributed by atoms with Crippen molar-refractivity contribution in [1.29, 1.82) is 0 Å². The fourth-order valence-electron chi connectivity index (χ4n) is 4.22. The van der Waals surface area contributed by atoms with Crippen LogP contribution in [-0.2, 0) is 4.79 Å². The normalized spacial score (nSPS) is 28.9. The lowest BCUT2D eigenvalue weighted by Gasteiger charge is -2.45. The quantitative estimate of drug-likeness (QED) is 0.863. The van der Waals surface area contributed by atoms with E-state index in [1.54, 1.807) is 0 Å². The Morgan fingerprint density at radius 1 is 1.30 bits per heavy atom. The Hall–Kier alpha value is -0.570. The van der Waals surface area contributed by atoms with Crippen LogP contribution in [0.3, 0.4) is 0 Å². The Bertz CT molecular complexity index is 356. The molecule has 1 aliphatic carbocycles. The van der Waals surface area contributed by atoms with E-state index in [4.69, 9.17) is 5.73 Å². The zero-order valence-electron chi connectivity index (χ0n) is 13.7. The van der Waals surface area contributed by atoms with Crippen LogP contribution in [0.15, 0.2) is 0 Å². The molecule has 2 N–H and O–H groups in total. The van der Waals surface area contributed by atoms with E-state index in [0.29, 0.717) is 11.8 Å². The zero-order valence-corrected chi connectivity index (χ0v) is 13.7. The molecule has 2 fully saturated rings. The van der Waals surface area contributed by atoms with Gasteiger partial charge in [-0.05, 0) is 37.0 Å². The molecule has 1 atom stereocenters. The Kier molecular flexibility index (Phi) is 4.48. The highest BCUT2D eigenvalue weighted by atomic mass is 16.2. The smallest absolute Gasteiger partial charge is 0.228 e. The molecule has 2 aliphatic rings. The maximum absolute atomic E-state index is 13.1. The summed E-state index contributed by atoms with van der Waals surface area (Å²) in [4.78, 5) is 15.3. The standard InChI is InChI=1S/C17H32N2O/c1-13(2)11-17(8-5-6-9-17)15(20)19-10-7-14(18)16(3,4)12-19/h13-14H,5-12,18H2,1-4H3. The van der Waals surface area contributed by atoms with Crippen LogP contribution in [0.1, 0.15) is 66.2 Å². The van der Waals surface area contributed by atoms with Crippen LogP contribution in [0.25, 0.3) is 0 Å². The maximum Gasteiger partial charge on any atom is 0.228 e. The second-order valence-corrected chi connectivity index (χ2v) is 8.20. The van der Waals surface area contributed by atoms with E-state index in [0.717, 1.165) is 38.8 Å². The minimum absolute atomic E-state index is 0.0472. The maximum atomic E-state index is 13.1. The van der Waals surface area contributed by atoms with E-state index in [-0.39, 0.29) is 16.9 Å². The molecule has 1 saturated heterocycles. The summed E-state index contributed by atoms with van der Waals surface area (Å²) in [7, 11) is 0. The van der Waals surface area contributed by atoms with Crippen molar-refractivity contribution in [3.8, 4) is 0 Å². The molecule has 1 unspecified atom stereocenters. The third-order valence-corrected chi connectivity index (χ3v) is 5.41. The molecule has 20 heavy (non-hydrogen) atoms. The van der Waals surface area contributed by atoms with Crippen LogP contribution in [0.4, 0.5) is 0 Å². The molecule has 0 radical (unpaired) electrons. The van der Waals surface area contributed by atoms with Crippen LogP contribution >= 0.6 is 0 Å². The van der Waals surface area contributed by atoms with E-state index in [1.807, 2.05) is 0 Å². The Labute approximate surface area is 124 Å². The van der Waals surface area contributed by atoms with Gasteiger partial charge in [-0.25, -0.2) is 0 Å². The molecule has 0 aromatic rings. The zero-order chi connectivity index (χ0) is 15.0. The highest BCUT2D eigenvalue weighted by Crippen LogP contribution is 2.45. The molecule has 3 heteroatoms. The van der Waals surface area contributed by atoms with Crippen LogP contribution in [0.2, 0.25) is 0 Å². The fourth-order valence-corrected chi connectivity index (χ4v) is 4.22. The van der Waals surface area contributed by atoms with E-state index in [2.05, 4.69) is 32.6 Å². The lowest BCUT2D eigenvalue weighted by atomic mass is 9.74. The highest BCUT2D eigenvalue weighted by molar-refractivity contribution is 5.83. The average Bonchev–Trinajstić information content (AvgIpc) is 2.80. The van der Waals surface area contributed by atoms with Crippen molar-refractivity contribution >= 4 is 5.91 Å². The van der Waals surface area contributed by atoms with Crippen molar-refractivity contribution in [1.82, 2.24) is 4.90 Å². The van der Waals surface area contributed by atoms with Crippen LogP contribution in [-0.4, -0.2) is 29.9 Å². The van der Waals surface area contributed by atoms with Crippen LogP contribution in [0.5, 0.6) is 0 Å².